The molecule has 0 aromatic carbocycles. The van der Waals surface area contributed by atoms with E-state index < -0.39 is 22.6 Å². The van der Waals surface area contributed by atoms with Gasteiger partial charge in [0.2, 0.25) is 10.0 Å². The van der Waals surface area contributed by atoms with E-state index in [1.54, 1.807) is 0 Å². The maximum atomic E-state index is 12.1. The smallest absolute Gasteiger partial charge is 0.356 e. The van der Waals surface area contributed by atoms with E-state index in [0.29, 0.717) is 25.6 Å². The summed E-state index contributed by atoms with van der Waals surface area (Å²) in [4.78, 5) is 3.87. The molecule has 1 heterocycles. The lowest BCUT2D eigenvalue weighted by Crippen LogP contribution is -2.44. The highest BCUT2D eigenvalue weighted by molar-refractivity contribution is 7.88. The lowest BCUT2D eigenvalue weighted by Gasteiger charge is -2.30. The minimum atomic E-state index is -4.19. The van der Waals surface area contributed by atoms with E-state index in [1.165, 1.54) is 17.6 Å². The molecule has 0 aromatic heterocycles. The molecule has 0 spiro atoms. The van der Waals surface area contributed by atoms with Crippen LogP contribution >= 0.6 is 0 Å². The minimum absolute atomic E-state index is 0.226. The molecule has 0 unspecified atom stereocenters. The molecular formula is C12H23F3N4O2S. The largest absolute Gasteiger partial charge is 0.390 e. The summed E-state index contributed by atoms with van der Waals surface area (Å²) in [7, 11) is -1.65. The van der Waals surface area contributed by atoms with Crippen LogP contribution in [0.2, 0.25) is 0 Å². The molecule has 22 heavy (non-hydrogen) atoms. The van der Waals surface area contributed by atoms with Crippen molar-refractivity contribution in [3.05, 3.63) is 0 Å². The van der Waals surface area contributed by atoms with Gasteiger partial charge in [-0.2, -0.15) is 13.2 Å². The molecule has 0 aromatic rings. The summed E-state index contributed by atoms with van der Waals surface area (Å²) >= 11 is 0. The molecule has 1 saturated heterocycles. The molecule has 0 radical (unpaired) electrons. The summed E-state index contributed by atoms with van der Waals surface area (Å²) in [6.45, 7) is 1.29. The Labute approximate surface area is 129 Å². The number of hydrogen-bond acceptors (Lipinski definition) is 3. The molecule has 1 aliphatic heterocycles. The van der Waals surface area contributed by atoms with Crippen molar-refractivity contribution in [2.45, 2.75) is 25.4 Å². The van der Waals surface area contributed by atoms with Gasteiger partial charge in [0.05, 0.1) is 12.7 Å². The van der Waals surface area contributed by atoms with Crippen molar-refractivity contribution in [3.63, 3.8) is 0 Å². The predicted octanol–water partition coefficient (Wildman–Crippen LogP) is 0.775. The Hall–Kier alpha value is -1.03. The zero-order chi connectivity index (χ0) is 16.8. The zero-order valence-electron chi connectivity index (χ0n) is 12.8. The van der Waals surface area contributed by atoms with Crippen molar-refractivity contribution < 1.29 is 21.6 Å². The quantitative estimate of drug-likeness (QED) is 0.571. The highest BCUT2D eigenvalue weighted by atomic mass is 32.2. The topological polar surface area (TPSA) is 73.8 Å². The third-order valence-electron chi connectivity index (χ3n) is 3.53. The van der Waals surface area contributed by atoms with E-state index in [-0.39, 0.29) is 12.5 Å². The van der Waals surface area contributed by atoms with Crippen LogP contribution < -0.4 is 10.6 Å². The maximum absolute atomic E-state index is 12.1. The van der Waals surface area contributed by atoms with Crippen LogP contribution in [0.5, 0.6) is 0 Å². The summed E-state index contributed by atoms with van der Waals surface area (Å²) in [5.74, 6) is 0.606. The molecule has 1 rings (SSSR count). The standard InChI is InChI=1S/C12H23F3N4O2S/c1-16-11(17-6-5-12(13,14)15)18-9-10-3-7-19(8-4-10)22(2,20)21/h10H,3-9H2,1-2H3,(H2,16,17,18). The SMILES string of the molecule is CN=C(NCCC(F)(F)F)NCC1CCN(S(C)(=O)=O)CC1. The number of aliphatic imine (C=N–C) groups is 1. The number of guanidine groups is 1. The number of alkyl halides is 3. The van der Waals surface area contributed by atoms with Gasteiger partial charge in [0.1, 0.15) is 0 Å². The number of hydrogen-bond donors (Lipinski definition) is 2. The molecular weight excluding hydrogens is 321 g/mol. The van der Waals surface area contributed by atoms with Gasteiger partial charge in [0, 0.05) is 33.2 Å². The first-order valence-corrected chi connectivity index (χ1v) is 8.93. The monoisotopic (exact) mass is 344 g/mol. The van der Waals surface area contributed by atoms with Gasteiger partial charge in [-0.15, -0.1) is 0 Å². The number of sulfonamides is 1. The molecule has 1 fully saturated rings. The maximum Gasteiger partial charge on any atom is 0.390 e. The van der Waals surface area contributed by atoms with Gasteiger partial charge in [-0.3, -0.25) is 4.99 Å². The van der Waals surface area contributed by atoms with Gasteiger partial charge in [-0.1, -0.05) is 0 Å². The number of rotatable bonds is 5. The molecule has 0 aliphatic carbocycles. The summed E-state index contributed by atoms with van der Waals surface area (Å²) in [6, 6.07) is 0. The summed E-state index contributed by atoms with van der Waals surface area (Å²) < 4.78 is 60.4. The van der Waals surface area contributed by atoms with Crippen molar-refractivity contribution in [3.8, 4) is 0 Å². The van der Waals surface area contributed by atoms with Crippen molar-refractivity contribution >= 4 is 16.0 Å². The van der Waals surface area contributed by atoms with Crippen LogP contribution in [0.1, 0.15) is 19.3 Å². The number of nitrogens with one attached hydrogen (secondary N) is 2. The number of piperidine rings is 1. The lowest BCUT2D eigenvalue weighted by atomic mass is 9.98. The molecule has 130 valence electrons. The summed E-state index contributed by atoms with van der Waals surface area (Å²) in [5.41, 5.74) is 0. The van der Waals surface area contributed by atoms with Crippen LogP contribution in [0.25, 0.3) is 0 Å². The van der Waals surface area contributed by atoms with E-state index in [4.69, 9.17) is 0 Å². The Kier molecular flexibility index (Phi) is 6.92. The van der Waals surface area contributed by atoms with Gasteiger partial charge in [0.25, 0.3) is 0 Å². The average molecular weight is 344 g/mol. The van der Waals surface area contributed by atoms with Crippen LogP contribution in [0, 0.1) is 5.92 Å². The van der Waals surface area contributed by atoms with Crippen LogP contribution in [0.3, 0.4) is 0 Å². The van der Waals surface area contributed by atoms with E-state index in [9.17, 15) is 21.6 Å². The average Bonchev–Trinajstić information content (AvgIpc) is 2.41. The Morgan fingerprint density at radius 3 is 2.32 bits per heavy atom. The van der Waals surface area contributed by atoms with E-state index >= 15 is 0 Å². The van der Waals surface area contributed by atoms with Crippen LogP contribution in [0.4, 0.5) is 13.2 Å². The van der Waals surface area contributed by atoms with Gasteiger partial charge < -0.3 is 10.6 Å². The highest BCUT2D eigenvalue weighted by Gasteiger charge is 2.27. The molecule has 1 aliphatic rings. The molecule has 0 atom stereocenters. The Morgan fingerprint density at radius 2 is 1.86 bits per heavy atom. The molecule has 0 bridgehead atoms. The first kappa shape index (κ1) is 19.0. The summed E-state index contributed by atoms with van der Waals surface area (Å²) in [6.07, 6.45) is -2.47. The van der Waals surface area contributed by atoms with Gasteiger partial charge in [0.15, 0.2) is 5.96 Å². The van der Waals surface area contributed by atoms with Gasteiger partial charge >= 0.3 is 6.18 Å². The molecule has 10 heteroatoms. The Morgan fingerprint density at radius 1 is 1.27 bits per heavy atom. The van der Waals surface area contributed by atoms with Crippen LogP contribution in [-0.4, -0.2) is 64.3 Å². The van der Waals surface area contributed by atoms with Crippen molar-refractivity contribution in [1.82, 2.24) is 14.9 Å². The lowest BCUT2D eigenvalue weighted by molar-refractivity contribution is -0.132. The van der Waals surface area contributed by atoms with Gasteiger partial charge in [-0.05, 0) is 18.8 Å². The van der Waals surface area contributed by atoms with E-state index in [1.807, 2.05) is 0 Å². The fraction of sp³-hybridized carbons (Fsp3) is 0.917. The molecule has 6 nitrogen and oxygen atoms in total. The first-order chi connectivity index (χ1) is 10.1. The van der Waals surface area contributed by atoms with Crippen molar-refractivity contribution in [1.29, 1.82) is 0 Å². The Balaban J connectivity index is 2.28. The fourth-order valence-electron chi connectivity index (χ4n) is 2.23. The zero-order valence-corrected chi connectivity index (χ0v) is 13.6. The fourth-order valence-corrected chi connectivity index (χ4v) is 3.10. The third kappa shape index (κ3) is 7.30. The second kappa shape index (κ2) is 8.00. The van der Waals surface area contributed by atoms with Gasteiger partial charge in [-0.25, -0.2) is 12.7 Å². The van der Waals surface area contributed by atoms with E-state index in [0.717, 1.165) is 12.8 Å². The Bertz CT molecular complexity index is 471. The first-order valence-electron chi connectivity index (χ1n) is 7.08. The normalized spacial score (nSPS) is 19.2. The highest BCUT2D eigenvalue weighted by Crippen LogP contribution is 2.19. The van der Waals surface area contributed by atoms with E-state index in [2.05, 4.69) is 15.6 Å². The predicted molar refractivity (Wildman–Crippen MR) is 79.2 cm³/mol. The third-order valence-corrected chi connectivity index (χ3v) is 4.83. The second-order valence-electron chi connectivity index (χ2n) is 5.35. The molecule has 2 N–H and O–H groups in total. The van der Waals surface area contributed by atoms with Crippen molar-refractivity contribution in [2.24, 2.45) is 10.9 Å². The molecule has 0 saturated carbocycles. The number of nitrogens with zero attached hydrogens (tertiary/aromatic N) is 2. The molecule has 0 amide bonds. The van der Waals surface area contributed by atoms with Crippen molar-refractivity contribution in [2.75, 3.05) is 39.5 Å². The minimum Gasteiger partial charge on any atom is -0.356 e. The second-order valence-corrected chi connectivity index (χ2v) is 7.33. The van der Waals surface area contributed by atoms with Crippen LogP contribution in [0.15, 0.2) is 4.99 Å². The number of halogens is 3. The van der Waals surface area contributed by atoms with Crippen LogP contribution in [-0.2, 0) is 10.0 Å². The summed E-state index contributed by atoms with van der Waals surface area (Å²) in [5, 5.41) is 5.59.